The van der Waals surface area contributed by atoms with Crippen LogP contribution in [0, 0.1) is 20.8 Å². The molecule has 6 heteroatoms. The van der Waals surface area contributed by atoms with Crippen molar-refractivity contribution >= 4 is 27.3 Å². The normalized spacial score (nSPS) is 12.5. The van der Waals surface area contributed by atoms with Crippen LogP contribution in [-0.2, 0) is 14.8 Å². The first kappa shape index (κ1) is 20.0. The maximum absolute atomic E-state index is 12.9. The zero-order chi connectivity index (χ0) is 19.5. The minimum absolute atomic E-state index is 0.343. The molecular weight excluding hydrogens is 348 g/mol. The Morgan fingerprint density at radius 3 is 2.15 bits per heavy atom. The number of rotatable bonds is 6. The number of nitrogens with one attached hydrogen (secondary N) is 1. The Hall–Kier alpha value is -2.34. The van der Waals surface area contributed by atoms with E-state index in [4.69, 9.17) is 0 Å². The van der Waals surface area contributed by atoms with Crippen molar-refractivity contribution in [2.75, 3.05) is 15.9 Å². The number of benzene rings is 2. The lowest BCUT2D eigenvalue weighted by Crippen LogP contribution is -2.47. The fourth-order valence-corrected chi connectivity index (χ4v) is 4.30. The van der Waals surface area contributed by atoms with Gasteiger partial charge in [-0.3, -0.25) is 9.10 Å². The molecule has 0 saturated carbocycles. The summed E-state index contributed by atoms with van der Waals surface area (Å²) in [5.41, 5.74) is 4.17. The number of aryl methyl sites for hydroxylation is 3. The van der Waals surface area contributed by atoms with Gasteiger partial charge >= 0.3 is 0 Å². The topological polar surface area (TPSA) is 66.5 Å². The number of sulfonamides is 1. The van der Waals surface area contributed by atoms with E-state index in [2.05, 4.69) is 5.32 Å². The van der Waals surface area contributed by atoms with Crippen molar-refractivity contribution in [2.24, 2.45) is 0 Å². The molecule has 1 N–H and O–H groups in total. The molecule has 1 atom stereocenters. The molecule has 140 valence electrons. The van der Waals surface area contributed by atoms with Crippen molar-refractivity contribution in [1.82, 2.24) is 0 Å². The minimum Gasteiger partial charge on any atom is -0.324 e. The Morgan fingerprint density at radius 2 is 1.65 bits per heavy atom. The lowest BCUT2D eigenvalue weighted by Gasteiger charge is -2.30. The van der Waals surface area contributed by atoms with Gasteiger partial charge in [-0.15, -0.1) is 0 Å². The number of carbonyl (C=O) groups is 1. The van der Waals surface area contributed by atoms with Crippen LogP contribution in [0.4, 0.5) is 11.4 Å². The number of anilines is 2. The third-order valence-electron chi connectivity index (χ3n) is 4.08. The molecule has 2 aromatic rings. The minimum atomic E-state index is -3.63. The van der Waals surface area contributed by atoms with Gasteiger partial charge in [-0.1, -0.05) is 25.1 Å². The summed E-state index contributed by atoms with van der Waals surface area (Å²) in [6, 6.07) is 12.1. The van der Waals surface area contributed by atoms with Crippen LogP contribution in [0.15, 0.2) is 42.5 Å². The van der Waals surface area contributed by atoms with Crippen LogP contribution < -0.4 is 9.62 Å². The van der Waals surface area contributed by atoms with Gasteiger partial charge in [-0.2, -0.15) is 0 Å². The number of carbonyl (C=O) groups excluding carboxylic acids is 1. The van der Waals surface area contributed by atoms with E-state index in [0.29, 0.717) is 17.8 Å². The van der Waals surface area contributed by atoms with Gasteiger partial charge in [-0.25, -0.2) is 8.42 Å². The summed E-state index contributed by atoms with van der Waals surface area (Å²) in [5, 5.41) is 2.87. The second-order valence-electron chi connectivity index (χ2n) is 6.69. The van der Waals surface area contributed by atoms with Crippen molar-refractivity contribution in [3.05, 3.63) is 59.2 Å². The predicted octanol–water partition coefficient (Wildman–Crippen LogP) is 3.80. The molecule has 5 nitrogen and oxygen atoms in total. The summed E-state index contributed by atoms with van der Waals surface area (Å²) in [6.07, 6.45) is 1.49. The van der Waals surface area contributed by atoms with E-state index < -0.39 is 16.1 Å². The van der Waals surface area contributed by atoms with Crippen molar-refractivity contribution < 1.29 is 13.2 Å². The standard InChI is InChI=1S/C20H26N2O3S/c1-6-19(20(23)21-17-11-15(3)10-16(4)12-17)22(26(5,24)25)18-9-7-8-14(2)13-18/h7-13,19H,6H2,1-5H3,(H,21,23)/t19-/m1/s1. The first-order chi connectivity index (χ1) is 12.1. The second kappa shape index (κ2) is 7.91. The highest BCUT2D eigenvalue weighted by Crippen LogP contribution is 2.24. The summed E-state index contributed by atoms with van der Waals surface area (Å²) in [7, 11) is -3.63. The van der Waals surface area contributed by atoms with Crippen LogP contribution in [-0.4, -0.2) is 26.6 Å². The van der Waals surface area contributed by atoms with E-state index in [9.17, 15) is 13.2 Å². The van der Waals surface area contributed by atoms with Gasteiger partial charge < -0.3 is 5.32 Å². The van der Waals surface area contributed by atoms with E-state index in [0.717, 1.165) is 22.9 Å². The lowest BCUT2D eigenvalue weighted by molar-refractivity contribution is -0.117. The summed E-state index contributed by atoms with van der Waals surface area (Å²) in [6.45, 7) is 7.60. The quantitative estimate of drug-likeness (QED) is 0.836. The van der Waals surface area contributed by atoms with Crippen LogP contribution in [0.25, 0.3) is 0 Å². The van der Waals surface area contributed by atoms with Crippen molar-refractivity contribution in [3.8, 4) is 0 Å². The molecule has 0 fully saturated rings. The summed E-state index contributed by atoms with van der Waals surface area (Å²) < 4.78 is 26.1. The average molecular weight is 375 g/mol. The summed E-state index contributed by atoms with van der Waals surface area (Å²) in [5.74, 6) is -0.343. The molecule has 0 unspecified atom stereocenters. The van der Waals surface area contributed by atoms with Crippen molar-refractivity contribution in [2.45, 2.75) is 40.2 Å². The van der Waals surface area contributed by atoms with Gasteiger partial charge in [0.05, 0.1) is 11.9 Å². The second-order valence-corrected chi connectivity index (χ2v) is 8.55. The number of amides is 1. The largest absolute Gasteiger partial charge is 0.324 e. The first-order valence-electron chi connectivity index (χ1n) is 8.57. The monoisotopic (exact) mass is 374 g/mol. The molecule has 0 aromatic heterocycles. The van der Waals surface area contributed by atoms with E-state index in [1.165, 1.54) is 4.31 Å². The first-order valence-corrected chi connectivity index (χ1v) is 10.4. The molecule has 2 rings (SSSR count). The van der Waals surface area contributed by atoms with Crippen LogP contribution in [0.5, 0.6) is 0 Å². The lowest BCUT2D eigenvalue weighted by atomic mass is 10.1. The Balaban J connectivity index is 2.39. The number of hydrogen-bond acceptors (Lipinski definition) is 3. The zero-order valence-electron chi connectivity index (χ0n) is 15.9. The highest BCUT2D eigenvalue weighted by atomic mass is 32.2. The molecule has 1 amide bonds. The van der Waals surface area contributed by atoms with Crippen molar-refractivity contribution in [3.63, 3.8) is 0 Å². The fourth-order valence-electron chi connectivity index (χ4n) is 3.10. The third kappa shape index (κ3) is 4.85. The van der Waals surface area contributed by atoms with Gasteiger partial charge in [0.1, 0.15) is 6.04 Å². The number of nitrogens with zero attached hydrogens (tertiary/aromatic N) is 1. The zero-order valence-corrected chi connectivity index (χ0v) is 16.7. The van der Waals surface area contributed by atoms with E-state index >= 15 is 0 Å². The molecule has 0 bridgehead atoms. The molecule has 0 aliphatic heterocycles. The Bertz CT molecular complexity index is 887. The Labute approximate surface area is 156 Å². The van der Waals surface area contributed by atoms with Gasteiger partial charge in [0, 0.05) is 5.69 Å². The summed E-state index contributed by atoms with van der Waals surface area (Å²) >= 11 is 0. The molecule has 0 saturated heterocycles. The maximum atomic E-state index is 12.9. The van der Waals surface area contributed by atoms with Crippen LogP contribution in [0.3, 0.4) is 0 Å². The van der Waals surface area contributed by atoms with Gasteiger partial charge in [0.25, 0.3) is 0 Å². The van der Waals surface area contributed by atoms with E-state index in [1.54, 1.807) is 25.1 Å². The number of hydrogen-bond donors (Lipinski definition) is 1. The molecule has 26 heavy (non-hydrogen) atoms. The SMILES string of the molecule is CC[C@H](C(=O)Nc1cc(C)cc(C)c1)N(c1cccc(C)c1)S(C)(=O)=O. The molecule has 0 heterocycles. The summed E-state index contributed by atoms with van der Waals surface area (Å²) in [4.78, 5) is 12.9. The predicted molar refractivity (Wildman–Crippen MR) is 107 cm³/mol. The Morgan fingerprint density at radius 1 is 1.04 bits per heavy atom. The van der Waals surface area contributed by atoms with Gasteiger partial charge in [0.2, 0.25) is 15.9 Å². The van der Waals surface area contributed by atoms with Gasteiger partial charge in [0.15, 0.2) is 0 Å². The molecular formula is C20H26N2O3S. The molecule has 0 aliphatic carbocycles. The van der Waals surface area contributed by atoms with Crippen LogP contribution in [0.2, 0.25) is 0 Å². The van der Waals surface area contributed by atoms with E-state index in [-0.39, 0.29) is 5.91 Å². The molecule has 2 aromatic carbocycles. The van der Waals surface area contributed by atoms with E-state index in [1.807, 2.05) is 45.0 Å². The highest BCUT2D eigenvalue weighted by Gasteiger charge is 2.31. The van der Waals surface area contributed by atoms with Crippen molar-refractivity contribution in [1.29, 1.82) is 0 Å². The third-order valence-corrected chi connectivity index (χ3v) is 5.25. The Kier molecular flexibility index (Phi) is 6.08. The smallest absolute Gasteiger partial charge is 0.248 e. The highest BCUT2D eigenvalue weighted by molar-refractivity contribution is 7.92. The fraction of sp³-hybridized carbons (Fsp3) is 0.350. The molecule has 0 spiro atoms. The van der Waals surface area contributed by atoms with Crippen LogP contribution in [0.1, 0.15) is 30.0 Å². The van der Waals surface area contributed by atoms with Crippen LogP contribution >= 0.6 is 0 Å². The molecule has 0 radical (unpaired) electrons. The molecule has 0 aliphatic rings. The average Bonchev–Trinajstić information content (AvgIpc) is 2.49. The van der Waals surface area contributed by atoms with Gasteiger partial charge in [-0.05, 0) is 68.1 Å². The maximum Gasteiger partial charge on any atom is 0.248 e.